The van der Waals surface area contributed by atoms with E-state index in [4.69, 9.17) is 5.73 Å². The third-order valence-electron chi connectivity index (χ3n) is 2.93. The normalized spacial score (nSPS) is 10.5. The maximum Gasteiger partial charge on any atom is 0.322 e. The second-order valence-electron chi connectivity index (χ2n) is 4.49. The highest BCUT2D eigenvalue weighted by Crippen LogP contribution is 2.07. The Hall–Kier alpha value is -2.88. The summed E-state index contributed by atoms with van der Waals surface area (Å²) in [6, 6.07) is 17.9. The molecule has 2 N–H and O–H groups in total. The van der Waals surface area contributed by atoms with Crippen LogP contribution in [0.4, 0.5) is 4.79 Å². The Morgan fingerprint density at radius 2 is 1.52 bits per heavy atom. The van der Waals surface area contributed by atoms with E-state index in [1.807, 2.05) is 60.7 Å². The van der Waals surface area contributed by atoms with Crippen molar-refractivity contribution in [3.05, 3.63) is 77.9 Å². The predicted octanol–water partition coefficient (Wildman–Crippen LogP) is 2.81. The largest absolute Gasteiger partial charge is 0.351 e. The minimum absolute atomic E-state index is 0.161. The molecule has 2 aromatic carbocycles. The topological polar surface area (TPSA) is 63.4 Å². The van der Waals surface area contributed by atoms with E-state index in [0.29, 0.717) is 0 Å². The average molecular weight is 280 g/mol. The Bertz CT molecular complexity index is 636. The summed E-state index contributed by atoms with van der Waals surface area (Å²) in [4.78, 5) is 24.6. The Labute approximate surface area is 123 Å². The van der Waals surface area contributed by atoms with Gasteiger partial charge in [-0.1, -0.05) is 60.7 Å². The summed E-state index contributed by atoms with van der Waals surface area (Å²) in [6.07, 6.45) is 3.01. The number of urea groups is 1. The molecule has 0 saturated heterocycles. The van der Waals surface area contributed by atoms with Gasteiger partial charge >= 0.3 is 6.03 Å². The fourth-order valence-electron chi connectivity index (χ4n) is 1.85. The third kappa shape index (κ3) is 4.31. The van der Waals surface area contributed by atoms with Gasteiger partial charge in [0.1, 0.15) is 0 Å². The van der Waals surface area contributed by atoms with Gasteiger partial charge in [0.25, 0.3) is 5.91 Å². The lowest BCUT2D eigenvalue weighted by Gasteiger charge is -2.16. The molecule has 2 rings (SSSR count). The molecule has 0 aromatic heterocycles. The SMILES string of the molecule is NC(=O)N(Cc1ccccc1)C(=O)/C=C/c1ccccc1. The Balaban J connectivity index is 2.09. The molecular weight excluding hydrogens is 264 g/mol. The van der Waals surface area contributed by atoms with Crippen molar-refractivity contribution in [2.75, 3.05) is 0 Å². The van der Waals surface area contributed by atoms with Crippen molar-refractivity contribution in [1.29, 1.82) is 0 Å². The third-order valence-corrected chi connectivity index (χ3v) is 2.93. The van der Waals surface area contributed by atoms with E-state index >= 15 is 0 Å². The number of carbonyl (C=O) groups is 2. The number of nitrogens with two attached hydrogens (primary N) is 1. The Morgan fingerprint density at radius 3 is 2.10 bits per heavy atom. The van der Waals surface area contributed by atoms with Gasteiger partial charge in [-0.25, -0.2) is 4.79 Å². The van der Waals surface area contributed by atoms with Crippen molar-refractivity contribution in [3.63, 3.8) is 0 Å². The molecule has 3 amide bonds. The summed E-state index contributed by atoms with van der Waals surface area (Å²) >= 11 is 0. The molecule has 106 valence electrons. The molecule has 0 spiro atoms. The lowest BCUT2D eigenvalue weighted by molar-refractivity contribution is -0.123. The van der Waals surface area contributed by atoms with E-state index < -0.39 is 11.9 Å². The minimum atomic E-state index is -0.762. The molecule has 0 bridgehead atoms. The maximum atomic E-state index is 12.1. The fourth-order valence-corrected chi connectivity index (χ4v) is 1.85. The summed E-state index contributed by atoms with van der Waals surface area (Å²) in [6.45, 7) is 0.161. The van der Waals surface area contributed by atoms with E-state index in [1.54, 1.807) is 6.08 Å². The number of benzene rings is 2. The van der Waals surface area contributed by atoms with Crippen molar-refractivity contribution in [3.8, 4) is 0 Å². The lowest BCUT2D eigenvalue weighted by Crippen LogP contribution is -2.39. The first-order valence-corrected chi connectivity index (χ1v) is 6.55. The molecule has 4 heteroatoms. The second kappa shape index (κ2) is 7.05. The van der Waals surface area contributed by atoms with Crippen LogP contribution in [-0.2, 0) is 11.3 Å². The first kappa shape index (κ1) is 14.5. The molecule has 0 aliphatic rings. The van der Waals surface area contributed by atoms with Crippen molar-refractivity contribution in [2.45, 2.75) is 6.54 Å². The summed E-state index contributed by atoms with van der Waals surface area (Å²) < 4.78 is 0. The van der Waals surface area contributed by atoms with Crippen molar-refractivity contribution in [1.82, 2.24) is 4.90 Å². The number of carbonyl (C=O) groups excluding carboxylic acids is 2. The van der Waals surface area contributed by atoms with Gasteiger partial charge in [0.05, 0.1) is 6.54 Å². The predicted molar refractivity (Wildman–Crippen MR) is 82.1 cm³/mol. The zero-order valence-corrected chi connectivity index (χ0v) is 11.5. The molecule has 0 atom stereocenters. The standard InChI is InChI=1S/C17H16N2O2/c18-17(21)19(13-15-9-5-2-6-10-15)16(20)12-11-14-7-3-1-4-8-14/h1-12H,13H2,(H2,18,21)/b12-11+. The van der Waals surface area contributed by atoms with Gasteiger partial charge in [0.15, 0.2) is 0 Å². The zero-order chi connectivity index (χ0) is 15.1. The number of primary amides is 1. The van der Waals surface area contributed by atoms with Crippen LogP contribution in [0, 0.1) is 0 Å². The number of amides is 3. The molecule has 0 unspecified atom stereocenters. The maximum absolute atomic E-state index is 12.1. The first-order chi connectivity index (χ1) is 10.2. The molecule has 0 fully saturated rings. The summed E-state index contributed by atoms with van der Waals surface area (Å²) in [5, 5.41) is 0. The van der Waals surface area contributed by atoms with Gasteiger partial charge in [0, 0.05) is 6.08 Å². The monoisotopic (exact) mass is 280 g/mol. The number of hydrogen-bond donors (Lipinski definition) is 1. The number of imide groups is 1. The van der Waals surface area contributed by atoms with E-state index in [2.05, 4.69) is 0 Å². The summed E-state index contributed by atoms with van der Waals surface area (Å²) in [5.74, 6) is -0.435. The molecule has 0 heterocycles. The Kier molecular flexibility index (Phi) is 4.88. The van der Waals surface area contributed by atoms with Gasteiger partial charge in [-0.2, -0.15) is 0 Å². The summed E-state index contributed by atoms with van der Waals surface area (Å²) in [5.41, 5.74) is 7.02. The van der Waals surface area contributed by atoms with Crippen LogP contribution < -0.4 is 5.73 Å². The molecule has 0 aliphatic heterocycles. The van der Waals surface area contributed by atoms with Crippen LogP contribution in [0.25, 0.3) is 6.08 Å². The van der Waals surface area contributed by atoms with Crippen molar-refractivity contribution < 1.29 is 9.59 Å². The highest BCUT2D eigenvalue weighted by atomic mass is 16.2. The molecular formula is C17H16N2O2. The molecule has 2 aromatic rings. The molecule has 0 aliphatic carbocycles. The highest BCUT2D eigenvalue weighted by Gasteiger charge is 2.16. The van der Waals surface area contributed by atoms with Crippen molar-refractivity contribution in [2.24, 2.45) is 5.73 Å². The van der Waals surface area contributed by atoms with Crippen LogP contribution in [-0.4, -0.2) is 16.8 Å². The quantitative estimate of drug-likeness (QED) is 0.875. The number of hydrogen-bond acceptors (Lipinski definition) is 2. The zero-order valence-electron chi connectivity index (χ0n) is 11.5. The van der Waals surface area contributed by atoms with Crippen LogP contribution in [0.1, 0.15) is 11.1 Å². The lowest BCUT2D eigenvalue weighted by atomic mass is 10.2. The molecule has 0 radical (unpaired) electrons. The van der Waals surface area contributed by atoms with Gasteiger partial charge in [-0.15, -0.1) is 0 Å². The van der Waals surface area contributed by atoms with E-state index in [9.17, 15) is 9.59 Å². The Morgan fingerprint density at radius 1 is 0.952 bits per heavy atom. The van der Waals surface area contributed by atoms with E-state index in [-0.39, 0.29) is 6.54 Å². The van der Waals surface area contributed by atoms with Gasteiger partial charge in [-0.05, 0) is 17.2 Å². The summed E-state index contributed by atoms with van der Waals surface area (Å²) in [7, 11) is 0. The van der Waals surface area contributed by atoms with Crippen LogP contribution in [0.3, 0.4) is 0 Å². The molecule has 4 nitrogen and oxygen atoms in total. The second-order valence-corrected chi connectivity index (χ2v) is 4.49. The van der Waals surface area contributed by atoms with Gasteiger partial charge in [-0.3, -0.25) is 9.69 Å². The first-order valence-electron chi connectivity index (χ1n) is 6.55. The van der Waals surface area contributed by atoms with Crippen LogP contribution >= 0.6 is 0 Å². The fraction of sp³-hybridized carbons (Fsp3) is 0.0588. The molecule has 21 heavy (non-hydrogen) atoms. The van der Waals surface area contributed by atoms with Gasteiger partial charge < -0.3 is 5.73 Å². The van der Waals surface area contributed by atoms with Gasteiger partial charge in [0.2, 0.25) is 0 Å². The number of nitrogens with zero attached hydrogens (tertiary/aromatic N) is 1. The van der Waals surface area contributed by atoms with E-state index in [1.165, 1.54) is 6.08 Å². The van der Waals surface area contributed by atoms with Crippen LogP contribution in [0.15, 0.2) is 66.7 Å². The number of rotatable bonds is 4. The van der Waals surface area contributed by atoms with E-state index in [0.717, 1.165) is 16.0 Å². The van der Waals surface area contributed by atoms with Crippen molar-refractivity contribution >= 4 is 18.0 Å². The molecule has 0 saturated carbocycles. The highest BCUT2D eigenvalue weighted by molar-refractivity contribution is 6.01. The average Bonchev–Trinajstić information content (AvgIpc) is 2.52. The van der Waals surface area contributed by atoms with Crippen LogP contribution in [0.5, 0.6) is 0 Å². The minimum Gasteiger partial charge on any atom is -0.351 e. The smallest absolute Gasteiger partial charge is 0.322 e. The van der Waals surface area contributed by atoms with Crippen LogP contribution in [0.2, 0.25) is 0 Å².